The van der Waals surface area contributed by atoms with E-state index < -0.39 is 5.41 Å². The first kappa shape index (κ1) is 32.2. The van der Waals surface area contributed by atoms with Gasteiger partial charge >= 0.3 is 0 Å². The van der Waals surface area contributed by atoms with E-state index in [1.165, 1.54) is 44.5 Å². The van der Waals surface area contributed by atoms with E-state index in [0.29, 0.717) is 17.5 Å². The van der Waals surface area contributed by atoms with Crippen LogP contribution in [0, 0.1) is 6.92 Å². The fourth-order valence-corrected chi connectivity index (χ4v) is 9.02. The molecule has 0 unspecified atom stereocenters. The number of nitrogens with zero attached hydrogens (tertiary/aromatic N) is 4. The lowest BCUT2D eigenvalue weighted by molar-refractivity contribution is 0.794. The molecule has 262 valence electrons. The van der Waals surface area contributed by atoms with Gasteiger partial charge < -0.3 is 0 Å². The van der Waals surface area contributed by atoms with Gasteiger partial charge in [0.2, 0.25) is 0 Å². The SMILES string of the molecule is Cc1nc(-c2ccccc2)ccc1-c1ccc(-c2nc(-c3ccccc3)nc(-c3ccc4c(c3)C3(c5ccccc5-c5ccccc53)c3ccccc3-4)n2)cc1. The highest BCUT2D eigenvalue weighted by Crippen LogP contribution is 2.63. The molecule has 1 spiro atoms. The van der Waals surface area contributed by atoms with Crippen molar-refractivity contribution in [1.29, 1.82) is 0 Å². The summed E-state index contributed by atoms with van der Waals surface area (Å²) in [7, 11) is 0. The highest BCUT2D eigenvalue weighted by molar-refractivity contribution is 5.95. The molecule has 0 amide bonds. The molecule has 2 aromatic heterocycles. The third kappa shape index (κ3) is 4.86. The number of benzene rings is 7. The lowest BCUT2D eigenvalue weighted by Gasteiger charge is -2.30. The van der Waals surface area contributed by atoms with Crippen molar-refractivity contribution in [3.8, 4) is 78.8 Å². The Kier molecular flexibility index (Phi) is 7.26. The maximum atomic E-state index is 5.21. The Morgan fingerprint density at radius 2 is 0.714 bits per heavy atom. The van der Waals surface area contributed by atoms with Gasteiger partial charge in [0.15, 0.2) is 17.5 Å². The lowest BCUT2D eigenvalue weighted by atomic mass is 9.70. The van der Waals surface area contributed by atoms with Crippen molar-refractivity contribution in [2.45, 2.75) is 12.3 Å². The number of hydrogen-bond donors (Lipinski definition) is 0. The zero-order chi connectivity index (χ0) is 37.2. The summed E-state index contributed by atoms with van der Waals surface area (Å²) in [6.07, 6.45) is 0. The van der Waals surface area contributed by atoms with Crippen LogP contribution in [0.5, 0.6) is 0 Å². The zero-order valence-electron chi connectivity index (χ0n) is 30.7. The van der Waals surface area contributed by atoms with E-state index in [1.54, 1.807) is 0 Å². The lowest BCUT2D eigenvalue weighted by Crippen LogP contribution is -2.25. The summed E-state index contributed by atoms with van der Waals surface area (Å²) >= 11 is 0. The summed E-state index contributed by atoms with van der Waals surface area (Å²) in [6.45, 7) is 2.07. The van der Waals surface area contributed by atoms with E-state index in [-0.39, 0.29) is 0 Å². The van der Waals surface area contributed by atoms with Gasteiger partial charge in [-0.15, -0.1) is 0 Å². The molecule has 0 fully saturated rings. The first-order valence-electron chi connectivity index (χ1n) is 19.1. The predicted octanol–water partition coefficient (Wildman–Crippen LogP) is 12.3. The number of pyridine rings is 1. The summed E-state index contributed by atoms with van der Waals surface area (Å²) < 4.78 is 0. The largest absolute Gasteiger partial charge is 0.252 e. The average Bonchev–Trinajstić information content (AvgIpc) is 3.74. The zero-order valence-corrected chi connectivity index (χ0v) is 30.7. The van der Waals surface area contributed by atoms with Crippen LogP contribution >= 0.6 is 0 Å². The highest BCUT2D eigenvalue weighted by atomic mass is 15.0. The third-order valence-corrected chi connectivity index (χ3v) is 11.5. The molecule has 11 rings (SSSR count). The van der Waals surface area contributed by atoms with Gasteiger partial charge in [0, 0.05) is 33.5 Å². The van der Waals surface area contributed by atoms with Crippen LogP contribution in [0.1, 0.15) is 27.9 Å². The molecule has 4 heteroatoms. The molecule has 0 aliphatic heterocycles. The van der Waals surface area contributed by atoms with Gasteiger partial charge in [-0.25, -0.2) is 15.0 Å². The Morgan fingerprint density at radius 3 is 1.27 bits per heavy atom. The van der Waals surface area contributed by atoms with Crippen LogP contribution in [-0.2, 0) is 5.41 Å². The minimum Gasteiger partial charge on any atom is -0.252 e. The number of rotatable bonds is 5. The first-order chi connectivity index (χ1) is 27.7. The molecule has 0 atom stereocenters. The van der Waals surface area contributed by atoms with E-state index in [4.69, 9.17) is 19.9 Å². The fraction of sp³-hybridized carbons (Fsp3) is 0.0385. The molecule has 0 saturated carbocycles. The molecule has 9 aromatic rings. The quantitative estimate of drug-likeness (QED) is 0.178. The van der Waals surface area contributed by atoms with Crippen LogP contribution < -0.4 is 0 Å². The van der Waals surface area contributed by atoms with Gasteiger partial charge in [-0.3, -0.25) is 4.98 Å². The van der Waals surface area contributed by atoms with Crippen LogP contribution in [0.15, 0.2) is 188 Å². The molecule has 0 N–H and O–H groups in total. The number of aryl methyl sites for hydroxylation is 1. The van der Waals surface area contributed by atoms with Gasteiger partial charge in [0.05, 0.1) is 11.1 Å². The van der Waals surface area contributed by atoms with E-state index in [0.717, 1.165) is 44.8 Å². The molecule has 0 radical (unpaired) electrons. The van der Waals surface area contributed by atoms with Gasteiger partial charge in [-0.1, -0.05) is 176 Å². The normalized spacial score (nSPS) is 12.9. The van der Waals surface area contributed by atoms with Crippen molar-refractivity contribution in [1.82, 2.24) is 19.9 Å². The van der Waals surface area contributed by atoms with Gasteiger partial charge in [-0.2, -0.15) is 0 Å². The van der Waals surface area contributed by atoms with Crippen molar-refractivity contribution in [3.63, 3.8) is 0 Å². The summed E-state index contributed by atoms with van der Waals surface area (Å²) in [5.74, 6) is 1.91. The topological polar surface area (TPSA) is 51.6 Å². The Hall–Kier alpha value is -7.30. The highest BCUT2D eigenvalue weighted by Gasteiger charge is 2.51. The summed E-state index contributed by atoms with van der Waals surface area (Å²) in [4.78, 5) is 20.4. The maximum Gasteiger partial charge on any atom is 0.164 e. The van der Waals surface area contributed by atoms with Gasteiger partial charge in [0.25, 0.3) is 0 Å². The summed E-state index contributed by atoms with van der Waals surface area (Å²) in [5, 5.41) is 0. The molecule has 2 aliphatic rings. The Labute approximate surface area is 325 Å². The second kappa shape index (κ2) is 12.6. The summed E-state index contributed by atoms with van der Waals surface area (Å²) in [6, 6.07) is 66.7. The van der Waals surface area contributed by atoms with E-state index in [9.17, 15) is 0 Å². The van der Waals surface area contributed by atoms with Crippen LogP contribution in [0.25, 0.3) is 78.8 Å². The summed E-state index contributed by atoms with van der Waals surface area (Å²) in [5.41, 5.74) is 17.9. The average molecular weight is 715 g/mol. The Morgan fingerprint density at radius 1 is 0.304 bits per heavy atom. The van der Waals surface area contributed by atoms with Gasteiger partial charge in [-0.05, 0) is 69.1 Å². The fourth-order valence-electron chi connectivity index (χ4n) is 9.02. The van der Waals surface area contributed by atoms with Crippen LogP contribution in [0.2, 0.25) is 0 Å². The van der Waals surface area contributed by atoms with Crippen LogP contribution in [0.3, 0.4) is 0 Å². The van der Waals surface area contributed by atoms with Crippen molar-refractivity contribution in [2.24, 2.45) is 0 Å². The second-order valence-corrected chi connectivity index (χ2v) is 14.6. The molecule has 0 saturated heterocycles. The van der Waals surface area contributed by atoms with Crippen LogP contribution in [-0.4, -0.2) is 19.9 Å². The molecule has 2 heterocycles. The molecule has 2 aliphatic carbocycles. The monoisotopic (exact) mass is 714 g/mol. The molecular weight excluding hydrogens is 681 g/mol. The van der Waals surface area contributed by atoms with Crippen molar-refractivity contribution >= 4 is 0 Å². The second-order valence-electron chi connectivity index (χ2n) is 14.6. The Balaban J connectivity index is 1.05. The van der Waals surface area contributed by atoms with E-state index >= 15 is 0 Å². The standard InChI is InChI=1S/C52H34N4/c1-33-39(30-31-48(53-33)35-14-4-2-5-15-35)34-24-26-37(27-25-34)50-54-49(36-16-6-3-7-17-36)55-51(56-50)38-28-29-43-42-20-10-13-23-46(42)52(47(43)32-38)44-21-11-8-18-40(44)41-19-9-12-22-45(41)52/h2-32H,1H3. The van der Waals surface area contributed by atoms with Crippen molar-refractivity contribution in [3.05, 3.63) is 216 Å². The van der Waals surface area contributed by atoms with Gasteiger partial charge in [0.1, 0.15) is 0 Å². The number of hydrogen-bond acceptors (Lipinski definition) is 4. The maximum absolute atomic E-state index is 5.21. The third-order valence-electron chi connectivity index (χ3n) is 11.5. The first-order valence-corrected chi connectivity index (χ1v) is 19.1. The van der Waals surface area contributed by atoms with Crippen molar-refractivity contribution < 1.29 is 0 Å². The molecule has 4 nitrogen and oxygen atoms in total. The molecule has 0 bridgehead atoms. The molecular formula is C52H34N4. The number of fused-ring (bicyclic) bond motifs is 10. The predicted molar refractivity (Wildman–Crippen MR) is 226 cm³/mol. The van der Waals surface area contributed by atoms with Crippen molar-refractivity contribution in [2.75, 3.05) is 0 Å². The number of aromatic nitrogens is 4. The van der Waals surface area contributed by atoms with E-state index in [1.807, 2.05) is 36.4 Å². The minimum atomic E-state index is -0.449. The minimum absolute atomic E-state index is 0.449. The molecule has 56 heavy (non-hydrogen) atoms. The smallest absolute Gasteiger partial charge is 0.164 e. The van der Waals surface area contributed by atoms with E-state index in [2.05, 4.69) is 159 Å². The molecule has 7 aromatic carbocycles. The van der Waals surface area contributed by atoms with Crippen LogP contribution in [0.4, 0.5) is 0 Å². The Bertz CT molecular complexity index is 2910.